The SMILES string of the molecule is CN1CCC([NH-])CC1.[Ac]. The maximum absolute atomic E-state index is 7.34. The van der Waals surface area contributed by atoms with Gasteiger partial charge in [-0.05, 0) is 20.1 Å². The molecule has 1 aliphatic rings. The van der Waals surface area contributed by atoms with Crippen LogP contribution in [0.15, 0.2) is 0 Å². The van der Waals surface area contributed by atoms with Gasteiger partial charge in [-0.25, -0.2) is 0 Å². The van der Waals surface area contributed by atoms with Crippen LogP contribution in [0.2, 0.25) is 0 Å². The Hall–Kier alpha value is 1.36. The van der Waals surface area contributed by atoms with Gasteiger partial charge in [-0.2, -0.15) is 0 Å². The van der Waals surface area contributed by atoms with Crippen LogP contribution < -0.4 is 0 Å². The molecular weight excluding hydrogens is 327 g/mol. The summed E-state index contributed by atoms with van der Waals surface area (Å²) in [4.78, 5) is 2.28. The van der Waals surface area contributed by atoms with Crippen LogP contribution in [0.25, 0.3) is 5.73 Å². The second-order valence-electron chi connectivity index (χ2n) is 2.58. The molecule has 9 heavy (non-hydrogen) atoms. The van der Waals surface area contributed by atoms with Gasteiger partial charge in [0, 0.05) is 44.1 Å². The molecule has 0 aromatic carbocycles. The first kappa shape index (κ1) is 10.4. The molecule has 0 saturated carbocycles. The molecule has 0 bridgehead atoms. The molecule has 3 heteroatoms. The number of nitrogens with zero attached hydrogens (tertiary/aromatic N) is 1. The van der Waals surface area contributed by atoms with Gasteiger partial charge in [-0.3, -0.25) is 0 Å². The van der Waals surface area contributed by atoms with Gasteiger partial charge in [0.15, 0.2) is 0 Å². The maximum atomic E-state index is 7.34. The van der Waals surface area contributed by atoms with Crippen molar-refractivity contribution in [2.75, 3.05) is 20.1 Å². The minimum Gasteiger partial charge on any atom is -0.675 e. The van der Waals surface area contributed by atoms with Crippen LogP contribution in [-0.2, 0) is 0 Å². The molecule has 1 saturated heterocycles. The standard InChI is InChI=1S/C6H13N2.Ac/c1-8-4-2-6(7)3-5-8;/h6-7H,2-5H2,1H3;/q-1;. The first-order valence-electron chi connectivity index (χ1n) is 3.18. The average Bonchev–Trinajstić information content (AvgIpc) is 1.77. The zero-order valence-electron chi connectivity index (χ0n) is 5.93. The Bertz CT molecular complexity index is 59.5. The summed E-state index contributed by atoms with van der Waals surface area (Å²) in [5.41, 5.74) is 7.34. The molecule has 1 aliphatic heterocycles. The fraction of sp³-hybridized carbons (Fsp3) is 1.00. The fourth-order valence-electron chi connectivity index (χ4n) is 1.01. The average molecular weight is 340 g/mol. The molecule has 0 atom stereocenters. The maximum Gasteiger partial charge on any atom is 0 e. The predicted molar refractivity (Wildman–Crippen MR) is 34.8 cm³/mol. The molecule has 0 aromatic rings. The first-order valence-corrected chi connectivity index (χ1v) is 3.18. The van der Waals surface area contributed by atoms with Crippen LogP contribution in [-0.4, -0.2) is 31.1 Å². The van der Waals surface area contributed by atoms with Crippen molar-refractivity contribution < 1.29 is 44.1 Å². The van der Waals surface area contributed by atoms with E-state index in [4.69, 9.17) is 5.73 Å². The summed E-state index contributed by atoms with van der Waals surface area (Å²) < 4.78 is 0. The van der Waals surface area contributed by atoms with Gasteiger partial charge in [0.1, 0.15) is 0 Å². The van der Waals surface area contributed by atoms with E-state index >= 15 is 0 Å². The predicted octanol–water partition coefficient (Wildman–Crippen LogP) is 1.13. The third-order valence-corrected chi connectivity index (χ3v) is 1.72. The van der Waals surface area contributed by atoms with Crippen molar-refractivity contribution in [3.05, 3.63) is 5.73 Å². The monoisotopic (exact) mass is 340 g/mol. The summed E-state index contributed by atoms with van der Waals surface area (Å²) in [6.07, 6.45) is 2.13. The molecular formula is C6H13AcN2-. The molecule has 0 aromatic heterocycles. The van der Waals surface area contributed by atoms with Crippen LogP contribution in [0.3, 0.4) is 0 Å². The molecule has 0 amide bonds. The van der Waals surface area contributed by atoms with Gasteiger partial charge < -0.3 is 10.6 Å². The largest absolute Gasteiger partial charge is 0.675 e. The summed E-state index contributed by atoms with van der Waals surface area (Å²) in [7, 11) is 2.12. The second-order valence-corrected chi connectivity index (χ2v) is 2.58. The van der Waals surface area contributed by atoms with Gasteiger partial charge >= 0.3 is 0 Å². The molecule has 51 valence electrons. The van der Waals surface area contributed by atoms with E-state index in [0.717, 1.165) is 25.9 Å². The van der Waals surface area contributed by atoms with E-state index < -0.39 is 0 Å². The van der Waals surface area contributed by atoms with E-state index in [1.807, 2.05) is 0 Å². The van der Waals surface area contributed by atoms with Crippen molar-refractivity contribution in [3.8, 4) is 0 Å². The topological polar surface area (TPSA) is 27.0 Å². The summed E-state index contributed by atoms with van der Waals surface area (Å²) in [5.74, 6) is 0. The Labute approximate surface area is 92.7 Å². The van der Waals surface area contributed by atoms with Gasteiger partial charge in [0.2, 0.25) is 0 Å². The van der Waals surface area contributed by atoms with E-state index in [1.165, 1.54) is 0 Å². The van der Waals surface area contributed by atoms with E-state index in [1.54, 1.807) is 0 Å². The Morgan fingerprint density at radius 3 is 2.11 bits per heavy atom. The van der Waals surface area contributed by atoms with Crippen molar-refractivity contribution in [1.29, 1.82) is 0 Å². The van der Waals surface area contributed by atoms with E-state index in [0.29, 0.717) is 0 Å². The van der Waals surface area contributed by atoms with E-state index in [2.05, 4.69) is 11.9 Å². The molecule has 2 nitrogen and oxygen atoms in total. The van der Waals surface area contributed by atoms with Gasteiger partial charge in [-0.15, -0.1) is 6.04 Å². The van der Waals surface area contributed by atoms with Gasteiger partial charge in [0.05, 0.1) is 0 Å². The summed E-state index contributed by atoms with van der Waals surface area (Å²) in [6.45, 7) is 2.24. The fourth-order valence-corrected chi connectivity index (χ4v) is 1.01. The summed E-state index contributed by atoms with van der Waals surface area (Å²) in [5, 5.41) is 0. The Kier molecular flexibility index (Phi) is 5.84. The van der Waals surface area contributed by atoms with E-state index in [-0.39, 0.29) is 50.1 Å². The van der Waals surface area contributed by atoms with Crippen LogP contribution in [0.1, 0.15) is 12.8 Å². The summed E-state index contributed by atoms with van der Waals surface area (Å²) >= 11 is 0. The second kappa shape index (κ2) is 5.07. The van der Waals surface area contributed by atoms with Crippen LogP contribution in [0.5, 0.6) is 0 Å². The number of rotatable bonds is 0. The van der Waals surface area contributed by atoms with Crippen LogP contribution in [0.4, 0.5) is 0 Å². The smallest absolute Gasteiger partial charge is 0 e. The quantitative estimate of drug-likeness (QED) is 0.650. The molecule has 1 radical (unpaired) electrons. The molecule has 1 heterocycles. The Morgan fingerprint density at radius 2 is 1.78 bits per heavy atom. The number of piperidine rings is 1. The number of hydrogen-bond donors (Lipinski definition) is 0. The van der Waals surface area contributed by atoms with Crippen molar-refractivity contribution in [3.63, 3.8) is 0 Å². The van der Waals surface area contributed by atoms with E-state index in [9.17, 15) is 0 Å². The molecule has 0 aliphatic carbocycles. The van der Waals surface area contributed by atoms with Gasteiger partial charge in [-0.1, -0.05) is 12.8 Å². The normalized spacial score (nSPS) is 23.3. The van der Waals surface area contributed by atoms with Crippen LogP contribution >= 0.6 is 0 Å². The number of hydrogen-bond acceptors (Lipinski definition) is 1. The molecule has 0 spiro atoms. The molecule has 0 unspecified atom stereocenters. The Morgan fingerprint density at radius 1 is 1.33 bits per heavy atom. The van der Waals surface area contributed by atoms with Crippen molar-refractivity contribution >= 4 is 0 Å². The third-order valence-electron chi connectivity index (χ3n) is 1.72. The number of nitrogens with one attached hydrogen (secondary N) is 1. The van der Waals surface area contributed by atoms with Crippen molar-refractivity contribution in [1.82, 2.24) is 4.90 Å². The van der Waals surface area contributed by atoms with Crippen molar-refractivity contribution in [2.45, 2.75) is 18.9 Å². The zero-order valence-corrected chi connectivity index (χ0v) is 10.7. The van der Waals surface area contributed by atoms with Crippen LogP contribution in [0, 0.1) is 44.1 Å². The minimum atomic E-state index is 0. The molecule has 1 rings (SSSR count). The third kappa shape index (κ3) is 3.93. The Balaban J connectivity index is 0.000000640. The minimum absolute atomic E-state index is 0. The first-order chi connectivity index (χ1) is 3.79. The van der Waals surface area contributed by atoms with Gasteiger partial charge in [0.25, 0.3) is 0 Å². The molecule has 1 fully saturated rings. The zero-order chi connectivity index (χ0) is 5.98. The number of likely N-dealkylation sites (tertiary alicyclic amines) is 1. The molecule has 1 N–H and O–H groups in total. The summed E-state index contributed by atoms with van der Waals surface area (Å²) in [6, 6.07) is 0.228. The van der Waals surface area contributed by atoms with Crippen molar-refractivity contribution in [2.24, 2.45) is 0 Å².